The Labute approximate surface area is 198 Å². The molecule has 0 aromatic carbocycles. The Hall–Kier alpha value is -2.12. The highest BCUT2D eigenvalue weighted by molar-refractivity contribution is 8.02. The monoisotopic (exact) mass is 501 g/mol. The van der Waals surface area contributed by atoms with Crippen LogP contribution in [0, 0.1) is 41.3 Å². The molecule has 2 aliphatic heterocycles. The van der Waals surface area contributed by atoms with E-state index < -0.39 is 40.2 Å². The number of anilines is 1. The molecule has 2 amide bonds. The number of pyridine rings is 1. The Morgan fingerprint density at radius 1 is 1.30 bits per heavy atom. The van der Waals surface area contributed by atoms with E-state index in [9.17, 15) is 27.6 Å². The van der Waals surface area contributed by atoms with Crippen molar-refractivity contribution in [3.63, 3.8) is 0 Å². The lowest BCUT2D eigenvalue weighted by Gasteiger charge is -2.26. The van der Waals surface area contributed by atoms with Crippen LogP contribution in [-0.4, -0.2) is 39.3 Å². The van der Waals surface area contributed by atoms with E-state index in [-0.39, 0.29) is 29.3 Å². The van der Waals surface area contributed by atoms with Gasteiger partial charge in [0, 0.05) is 36.6 Å². The van der Waals surface area contributed by atoms with E-state index in [0.29, 0.717) is 16.9 Å². The Kier molecular flexibility index (Phi) is 7.29. The van der Waals surface area contributed by atoms with E-state index in [1.807, 2.05) is 0 Å². The zero-order valence-electron chi connectivity index (χ0n) is 17.5. The first-order valence-electron chi connectivity index (χ1n) is 10.8. The maximum Gasteiger partial charge on any atom is 0.286 e. The number of hydrogen-bond donors (Lipinski definition) is 2. The van der Waals surface area contributed by atoms with E-state index in [1.54, 1.807) is 0 Å². The van der Waals surface area contributed by atoms with Gasteiger partial charge in [-0.3, -0.25) is 14.4 Å². The molecule has 6 atom stereocenters. The molecular weight excluding hydrogens is 479 g/mol. The molecule has 4 rings (SSSR count). The van der Waals surface area contributed by atoms with Crippen LogP contribution in [0.3, 0.4) is 0 Å². The highest BCUT2D eigenvalue weighted by Gasteiger charge is 2.40. The SMILES string of the molecule is O=C(Nc1cc(F)c(=O)n(CC(F)F)c1)C1CC(C#CC2CCC3CNC(=O)C3C2)C(Cl)S1. The van der Waals surface area contributed by atoms with Gasteiger partial charge < -0.3 is 15.2 Å². The number of nitrogens with one attached hydrogen (secondary N) is 2. The summed E-state index contributed by atoms with van der Waals surface area (Å²) in [5, 5.41) is 4.84. The second kappa shape index (κ2) is 10.0. The number of carbonyl (C=O) groups excluding carboxylic acids is 2. The molecule has 3 heterocycles. The molecule has 3 aliphatic rings. The van der Waals surface area contributed by atoms with Crippen molar-refractivity contribution in [1.29, 1.82) is 0 Å². The Morgan fingerprint density at radius 3 is 2.85 bits per heavy atom. The van der Waals surface area contributed by atoms with Crippen molar-refractivity contribution in [2.24, 2.45) is 23.7 Å². The van der Waals surface area contributed by atoms with Crippen LogP contribution in [0.1, 0.15) is 25.7 Å². The number of alkyl halides is 3. The molecular formula is C22H23ClF3N3O3S. The summed E-state index contributed by atoms with van der Waals surface area (Å²) in [4.78, 5) is 36.3. The molecule has 178 valence electrons. The number of rotatable bonds is 4. The molecule has 1 aromatic heterocycles. The van der Waals surface area contributed by atoms with Gasteiger partial charge >= 0.3 is 0 Å². The average Bonchev–Trinajstić information content (AvgIpc) is 3.32. The molecule has 3 fully saturated rings. The van der Waals surface area contributed by atoms with Crippen LogP contribution >= 0.6 is 23.4 Å². The van der Waals surface area contributed by atoms with Gasteiger partial charge in [0.2, 0.25) is 11.8 Å². The normalized spacial score (nSPS) is 31.0. The molecule has 0 spiro atoms. The third-order valence-electron chi connectivity index (χ3n) is 6.36. The number of hydrogen-bond acceptors (Lipinski definition) is 4. The summed E-state index contributed by atoms with van der Waals surface area (Å²) in [6.07, 6.45) is 1.17. The minimum atomic E-state index is -2.84. The maximum atomic E-state index is 13.8. The number of aromatic nitrogens is 1. The number of fused-ring (bicyclic) bond motifs is 1. The van der Waals surface area contributed by atoms with Gasteiger partial charge in [0.05, 0.1) is 22.2 Å². The molecule has 1 aliphatic carbocycles. The van der Waals surface area contributed by atoms with Crippen molar-refractivity contribution >= 4 is 40.9 Å². The molecule has 1 saturated carbocycles. The molecule has 33 heavy (non-hydrogen) atoms. The predicted octanol–water partition coefficient (Wildman–Crippen LogP) is 3.04. The minimum absolute atomic E-state index is 0.0232. The number of thioether (sulfide) groups is 1. The minimum Gasteiger partial charge on any atom is -0.356 e. The van der Waals surface area contributed by atoms with Crippen molar-refractivity contribution in [2.45, 2.75) is 48.6 Å². The Balaban J connectivity index is 1.37. The maximum absolute atomic E-state index is 13.8. The topological polar surface area (TPSA) is 80.2 Å². The lowest BCUT2D eigenvalue weighted by atomic mass is 9.76. The average molecular weight is 502 g/mol. The van der Waals surface area contributed by atoms with Crippen molar-refractivity contribution in [3.05, 3.63) is 28.4 Å². The summed E-state index contributed by atoms with van der Waals surface area (Å²) in [6, 6.07) is 0.812. The predicted molar refractivity (Wildman–Crippen MR) is 120 cm³/mol. The molecule has 2 saturated heterocycles. The summed E-state index contributed by atoms with van der Waals surface area (Å²) < 4.78 is 39.2. The van der Waals surface area contributed by atoms with Crippen LogP contribution in [0.15, 0.2) is 17.1 Å². The van der Waals surface area contributed by atoms with Gasteiger partial charge in [-0.25, -0.2) is 13.2 Å². The zero-order chi connectivity index (χ0) is 23.7. The zero-order valence-corrected chi connectivity index (χ0v) is 19.1. The summed E-state index contributed by atoms with van der Waals surface area (Å²) in [5.74, 6) is 5.17. The molecule has 11 heteroatoms. The summed E-state index contributed by atoms with van der Waals surface area (Å²) in [5.41, 5.74) is -1.26. The fourth-order valence-electron chi connectivity index (χ4n) is 4.63. The van der Waals surface area contributed by atoms with E-state index >= 15 is 0 Å². The van der Waals surface area contributed by atoms with Crippen LogP contribution in [0.5, 0.6) is 0 Å². The van der Waals surface area contributed by atoms with Crippen LogP contribution in [0.25, 0.3) is 0 Å². The Morgan fingerprint density at radius 2 is 2.09 bits per heavy atom. The highest BCUT2D eigenvalue weighted by Crippen LogP contribution is 2.42. The van der Waals surface area contributed by atoms with Gasteiger partial charge in [0.15, 0.2) is 5.82 Å². The Bertz CT molecular complexity index is 1060. The highest BCUT2D eigenvalue weighted by atomic mass is 35.5. The summed E-state index contributed by atoms with van der Waals surface area (Å²) in [7, 11) is 0. The number of amides is 2. The van der Waals surface area contributed by atoms with E-state index in [0.717, 1.165) is 38.1 Å². The molecule has 6 unspecified atom stereocenters. The number of halogens is 4. The van der Waals surface area contributed by atoms with Crippen LogP contribution in [0.2, 0.25) is 0 Å². The van der Waals surface area contributed by atoms with E-state index in [2.05, 4.69) is 22.5 Å². The van der Waals surface area contributed by atoms with Gasteiger partial charge in [-0.2, -0.15) is 0 Å². The van der Waals surface area contributed by atoms with Gasteiger partial charge in [-0.15, -0.1) is 23.4 Å². The third kappa shape index (κ3) is 5.52. The van der Waals surface area contributed by atoms with Gasteiger partial charge in [0.1, 0.15) is 0 Å². The summed E-state index contributed by atoms with van der Waals surface area (Å²) in [6.45, 7) is -0.226. The fraction of sp³-hybridized carbons (Fsp3) is 0.591. The molecule has 0 radical (unpaired) electrons. The first-order valence-corrected chi connectivity index (χ1v) is 12.2. The van der Waals surface area contributed by atoms with Crippen LogP contribution < -0.4 is 16.2 Å². The van der Waals surface area contributed by atoms with Gasteiger partial charge in [0.25, 0.3) is 12.0 Å². The quantitative estimate of drug-likeness (QED) is 0.491. The second-order valence-electron chi connectivity index (χ2n) is 8.64. The molecule has 2 N–H and O–H groups in total. The summed E-state index contributed by atoms with van der Waals surface area (Å²) >= 11 is 7.64. The van der Waals surface area contributed by atoms with Crippen molar-refractivity contribution in [1.82, 2.24) is 9.88 Å². The lowest BCUT2D eigenvalue weighted by molar-refractivity contribution is -0.123. The largest absolute Gasteiger partial charge is 0.356 e. The van der Waals surface area contributed by atoms with Crippen molar-refractivity contribution < 1.29 is 22.8 Å². The van der Waals surface area contributed by atoms with E-state index in [4.69, 9.17) is 11.6 Å². The molecule has 0 bridgehead atoms. The van der Waals surface area contributed by atoms with Crippen molar-refractivity contribution in [3.8, 4) is 11.8 Å². The van der Waals surface area contributed by atoms with Crippen LogP contribution in [-0.2, 0) is 16.1 Å². The smallest absolute Gasteiger partial charge is 0.286 e. The van der Waals surface area contributed by atoms with Gasteiger partial charge in [-0.1, -0.05) is 11.8 Å². The molecule has 6 nitrogen and oxygen atoms in total. The second-order valence-corrected chi connectivity index (χ2v) is 10.7. The molecule has 1 aromatic rings. The lowest BCUT2D eigenvalue weighted by Crippen LogP contribution is -2.28. The first-order chi connectivity index (χ1) is 15.7. The van der Waals surface area contributed by atoms with Gasteiger partial charge in [-0.05, 0) is 31.6 Å². The number of carbonyl (C=O) groups is 2. The van der Waals surface area contributed by atoms with Crippen molar-refractivity contribution in [2.75, 3.05) is 11.9 Å². The standard InChI is InChI=1S/C22H23ClF3N3O3S/c23-19-12(3-1-11-2-4-13-8-27-20(30)15(13)5-11)6-17(33-19)21(31)28-14-7-16(24)22(32)29(9-14)10-18(25)26/h7,9,11-13,15,17-19H,2,4-6,8,10H2,(H,27,30)(H,28,31). The number of nitrogens with zero attached hydrogens (tertiary/aromatic N) is 1. The third-order valence-corrected chi connectivity index (χ3v) is 8.29. The van der Waals surface area contributed by atoms with Crippen LogP contribution in [0.4, 0.5) is 18.9 Å². The fourth-order valence-corrected chi connectivity index (χ4v) is 6.35. The first kappa shape index (κ1) is 24.0. The van der Waals surface area contributed by atoms with E-state index in [1.165, 1.54) is 11.8 Å².